The van der Waals surface area contributed by atoms with E-state index < -0.39 is 11.8 Å². The maximum Gasteiger partial charge on any atom is 0.303 e. The quantitative estimate of drug-likeness (QED) is 0.282. The van der Waals surface area contributed by atoms with Gasteiger partial charge in [0.05, 0.1) is 13.2 Å². The topological polar surface area (TPSA) is 84.9 Å². The summed E-state index contributed by atoms with van der Waals surface area (Å²) in [6.07, 6.45) is 0.850. The van der Waals surface area contributed by atoms with Gasteiger partial charge in [-0.2, -0.15) is 0 Å². The van der Waals surface area contributed by atoms with E-state index in [9.17, 15) is 19.1 Å². The number of benzene rings is 3. The highest BCUT2D eigenvalue weighted by atomic mass is 19.1. The van der Waals surface area contributed by atoms with E-state index in [-0.39, 0.29) is 42.9 Å². The first kappa shape index (κ1) is 28.7. The molecule has 0 heterocycles. The second-order valence-electron chi connectivity index (χ2n) is 10.0. The zero-order valence-electron chi connectivity index (χ0n) is 22.6. The second-order valence-corrected chi connectivity index (χ2v) is 10.0. The number of carboxylic acids is 1. The van der Waals surface area contributed by atoms with Gasteiger partial charge < -0.3 is 19.9 Å². The number of hydrogen-bond donors (Lipinski definition) is 2. The summed E-state index contributed by atoms with van der Waals surface area (Å²) in [6, 6.07) is 15.7. The Morgan fingerprint density at radius 3 is 2.37 bits per heavy atom. The lowest BCUT2D eigenvalue weighted by Crippen LogP contribution is -2.30. The number of ether oxygens (including phenoxy) is 2. The zero-order valence-corrected chi connectivity index (χ0v) is 22.6. The largest absolute Gasteiger partial charge is 0.493 e. The predicted octanol–water partition coefficient (Wildman–Crippen LogP) is 6.56. The van der Waals surface area contributed by atoms with E-state index >= 15 is 0 Å². The number of methoxy groups -OCH3 is 1. The molecule has 0 aliphatic rings. The van der Waals surface area contributed by atoms with Crippen LogP contribution in [0.2, 0.25) is 0 Å². The number of aliphatic carboxylic acids is 1. The molecule has 0 fully saturated rings. The van der Waals surface area contributed by atoms with Crippen LogP contribution in [0.15, 0.2) is 54.6 Å². The number of halogens is 1. The van der Waals surface area contributed by atoms with E-state index in [1.165, 1.54) is 19.2 Å². The van der Waals surface area contributed by atoms with Gasteiger partial charge in [-0.05, 0) is 67.5 Å². The Morgan fingerprint density at radius 2 is 1.74 bits per heavy atom. The first-order valence-corrected chi connectivity index (χ1v) is 12.7. The monoisotopic (exact) mass is 521 g/mol. The SMILES string of the molecule is COc1cccc(F)c1OCc1ccc(CCC(=O)O)c(C(=O)NC(CC(C)C)c2cc(C)cc(C)c2)c1. The molecule has 38 heavy (non-hydrogen) atoms. The van der Waals surface area contributed by atoms with Crippen LogP contribution >= 0.6 is 0 Å². The van der Waals surface area contributed by atoms with Gasteiger partial charge in [0.1, 0.15) is 6.61 Å². The van der Waals surface area contributed by atoms with Crippen LogP contribution in [-0.4, -0.2) is 24.1 Å². The van der Waals surface area contributed by atoms with E-state index in [0.29, 0.717) is 22.6 Å². The first-order chi connectivity index (χ1) is 18.1. The minimum atomic E-state index is -0.941. The Kier molecular flexibility index (Phi) is 9.88. The van der Waals surface area contributed by atoms with Crippen molar-refractivity contribution < 1.29 is 28.6 Å². The fraction of sp³-hybridized carbons (Fsp3) is 0.355. The van der Waals surface area contributed by atoms with Crippen molar-refractivity contribution >= 4 is 11.9 Å². The normalized spacial score (nSPS) is 11.8. The molecule has 2 N–H and O–H groups in total. The number of carbonyl (C=O) groups excluding carboxylic acids is 1. The fourth-order valence-electron chi connectivity index (χ4n) is 4.53. The van der Waals surface area contributed by atoms with E-state index in [1.54, 1.807) is 24.3 Å². The highest BCUT2D eigenvalue weighted by molar-refractivity contribution is 5.96. The standard InChI is InChI=1S/C31H36FNO5/c1-19(2)13-27(24-15-20(3)14-21(4)16-24)33-31(36)25-17-22(9-10-23(25)11-12-29(34)35)18-38-30-26(32)7-6-8-28(30)37-5/h6-10,14-17,19,27H,11-13,18H2,1-5H3,(H,33,36)(H,34,35). The molecule has 7 heteroatoms. The number of amides is 1. The van der Waals surface area contributed by atoms with Gasteiger partial charge >= 0.3 is 5.97 Å². The molecule has 1 amide bonds. The van der Waals surface area contributed by atoms with Gasteiger partial charge in [-0.15, -0.1) is 0 Å². The molecule has 0 bridgehead atoms. The smallest absolute Gasteiger partial charge is 0.303 e. The van der Waals surface area contributed by atoms with E-state index in [2.05, 4.69) is 37.4 Å². The summed E-state index contributed by atoms with van der Waals surface area (Å²) in [5, 5.41) is 12.4. The molecule has 0 radical (unpaired) electrons. The summed E-state index contributed by atoms with van der Waals surface area (Å²) >= 11 is 0. The fourth-order valence-corrected chi connectivity index (χ4v) is 4.53. The van der Waals surface area contributed by atoms with Crippen LogP contribution < -0.4 is 14.8 Å². The summed E-state index contributed by atoms with van der Waals surface area (Å²) in [4.78, 5) is 24.9. The average molecular weight is 522 g/mol. The Hall–Kier alpha value is -3.87. The van der Waals surface area contributed by atoms with Gasteiger partial charge in [0.2, 0.25) is 0 Å². The summed E-state index contributed by atoms with van der Waals surface area (Å²) < 4.78 is 25.2. The van der Waals surface area contributed by atoms with E-state index in [1.807, 2.05) is 13.8 Å². The molecule has 0 spiro atoms. The Balaban J connectivity index is 1.91. The van der Waals surface area contributed by atoms with Gasteiger partial charge in [0.25, 0.3) is 5.91 Å². The van der Waals surface area contributed by atoms with E-state index in [0.717, 1.165) is 23.1 Å². The van der Waals surface area contributed by atoms with E-state index in [4.69, 9.17) is 9.47 Å². The molecule has 3 aromatic rings. The third-order valence-corrected chi connectivity index (χ3v) is 6.22. The summed E-state index contributed by atoms with van der Waals surface area (Å²) in [5.74, 6) is -1.19. The minimum absolute atomic E-state index is 0.00326. The molecule has 6 nitrogen and oxygen atoms in total. The van der Waals surface area contributed by atoms with Crippen LogP contribution in [0.5, 0.6) is 11.5 Å². The van der Waals surface area contributed by atoms with Crippen LogP contribution in [0, 0.1) is 25.6 Å². The molecule has 1 unspecified atom stereocenters. The van der Waals surface area contributed by atoms with Gasteiger partial charge in [0.15, 0.2) is 17.3 Å². The average Bonchev–Trinajstić information content (AvgIpc) is 2.85. The number of nitrogens with one attached hydrogen (secondary N) is 1. The number of aryl methyl sites for hydroxylation is 3. The molecule has 1 atom stereocenters. The highest BCUT2D eigenvalue weighted by Crippen LogP contribution is 2.31. The molecular weight excluding hydrogens is 485 g/mol. The van der Waals surface area contributed by atoms with Gasteiger partial charge in [-0.1, -0.05) is 61.4 Å². The van der Waals surface area contributed by atoms with Gasteiger partial charge in [-0.25, -0.2) is 4.39 Å². The summed E-state index contributed by atoms with van der Waals surface area (Å²) in [7, 11) is 1.44. The number of hydrogen-bond acceptors (Lipinski definition) is 4. The second kappa shape index (κ2) is 13.1. The molecule has 202 valence electrons. The third-order valence-electron chi connectivity index (χ3n) is 6.22. The molecule has 0 saturated carbocycles. The van der Waals surface area contributed by atoms with Crippen molar-refractivity contribution in [1.82, 2.24) is 5.32 Å². The first-order valence-electron chi connectivity index (χ1n) is 12.7. The Morgan fingerprint density at radius 1 is 1.03 bits per heavy atom. The van der Waals surface area contributed by atoms with Crippen molar-refractivity contribution in [2.45, 2.75) is 59.6 Å². The van der Waals surface area contributed by atoms with Crippen LogP contribution in [0.3, 0.4) is 0 Å². The van der Waals surface area contributed by atoms with Crippen LogP contribution in [0.25, 0.3) is 0 Å². The number of rotatable bonds is 12. The highest BCUT2D eigenvalue weighted by Gasteiger charge is 2.21. The lowest BCUT2D eigenvalue weighted by Gasteiger charge is -2.23. The summed E-state index contributed by atoms with van der Waals surface area (Å²) in [6.45, 7) is 8.28. The molecule has 3 aromatic carbocycles. The number of carboxylic acid groups (broad SMARTS) is 1. The lowest BCUT2D eigenvalue weighted by atomic mass is 9.93. The Labute approximate surface area is 223 Å². The molecule has 0 saturated heterocycles. The van der Waals surface area contributed by atoms with Crippen molar-refractivity contribution in [3.63, 3.8) is 0 Å². The predicted molar refractivity (Wildman–Crippen MR) is 145 cm³/mol. The van der Waals surface area contributed by atoms with Crippen molar-refractivity contribution in [2.24, 2.45) is 5.92 Å². The van der Waals surface area contributed by atoms with Crippen molar-refractivity contribution in [2.75, 3.05) is 7.11 Å². The molecule has 3 rings (SSSR count). The Bertz CT molecular complexity index is 1270. The third kappa shape index (κ3) is 7.81. The number of para-hydroxylation sites is 1. The lowest BCUT2D eigenvalue weighted by molar-refractivity contribution is -0.136. The van der Waals surface area contributed by atoms with Crippen LogP contribution in [-0.2, 0) is 17.8 Å². The molecule has 0 aliphatic carbocycles. The van der Waals surface area contributed by atoms with Crippen molar-refractivity contribution in [3.8, 4) is 11.5 Å². The maximum atomic E-state index is 14.3. The van der Waals surface area contributed by atoms with Crippen LogP contribution in [0.1, 0.15) is 70.9 Å². The van der Waals surface area contributed by atoms with Gasteiger partial charge in [0, 0.05) is 12.0 Å². The molecule has 0 aromatic heterocycles. The van der Waals surface area contributed by atoms with Crippen molar-refractivity contribution in [3.05, 3.63) is 93.8 Å². The molecular formula is C31H36FNO5. The summed E-state index contributed by atoms with van der Waals surface area (Å²) in [5.41, 5.74) is 4.92. The van der Waals surface area contributed by atoms with Gasteiger partial charge in [-0.3, -0.25) is 9.59 Å². The molecule has 0 aliphatic heterocycles. The zero-order chi connectivity index (χ0) is 27.8. The van der Waals surface area contributed by atoms with Crippen LogP contribution in [0.4, 0.5) is 4.39 Å². The number of carbonyl (C=O) groups is 2. The maximum absolute atomic E-state index is 14.3. The van der Waals surface area contributed by atoms with Crippen molar-refractivity contribution in [1.29, 1.82) is 0 Å². The minimum Gasteiger partial charge on any atom is -0.493 e.